The average molecular weight is 365 g/mol. The Morgan fingerprint density at radius 1 is 1.29 bits per heavy atom. The molecular weight excluding hydrogens is 347 g/mol. The summed E-state index contributed by atoms with van der Waals surface area (Å²) in [5.41, 5.74) is 5.85. The third-order valence-electron chi connectivity index (χ3n) is 4.04. The van der Waals surface area contributed by atoms with E-state index in [1.165, 1.54) is 0 Å². The highest BCUT2D eigenvalue weighted by Crippen LogP contribution is 2.34. The maximum atomic E-state index is 12.1. The highest BCUT2D eigenvalue weighted by Gasteiger charge is 2.28. The predicted molar refractivity (Wildman–Crippen MR) is 95.1 cm³/mol. The molecule has 0 radical (unpaired) electrons. The number of amides is 1. The van der Waals surface area contributed by atoms with E-state index in [1.807, 2.05) is 12.1 Å². The van der Waals surface area contributed by atoms with Gasteiger partial charge in [0.15, 0.2) is 5.06 Å². The minimum Gasteiger partial charge on any atom is -0.312 e. The van der Waals surface area contributed by atoms with Crippen molar-refractivity contribution < 1.29 is 9.63 Å². The van der Waals surface area contributed by atoms with Gasteiger partial charge in [-0.3, -0.25) is 4.79 Å². The van der Waals surface area contributed by atoms with Crippen molar-refractivity contribution in [3.05, 3.63) is 69.7 Å². The van der Waals surface area contributed by atoms with Crippen LogP contribution in [0.3, 0.4) is 0 Å². The van der Waals surface area contributed by atoms with E-state index in [-0.39, 0.29) is 5.91 Å². The Hall–Kier alpha value is -1.59. The van der Waals surface area contributed by atoms with E-state index < -0.39 is 5.06 Å². The molecule has 0 aliphatic carbocycles. The van der Waals surface area contributed by atoms with E-state index >= 15 is 0 Å². The standard InChI is InChI=1S/C18H18Cl2N2O2/c1-18(20,24-22-17(23)12-5-3-2-4-6-12)14-9-13-11-21-8-7-15(13)16(19)10-14/h2-6,9-10,21H,7-8,11H2,1H3,(H,22,23). The zero-order valence-corrected chi connectivity index (χ0v) is 14.7. The molecule has 1 aliphatic heterocycles. The molecule has 2 aromatic carbocycles. The van der Waals surface area contributed by atoms with Crippen LogP contribution in [0.2, 0.25) is 5.02 Å². The van der Waals surface area contributed by atoms with Gasteiger partial charge in [-0.25, -0.2) is 10.3 Å². The SMILES string of the molecule is CC(Cl)(ONC(=O)c1ccccc1)c1cc(Cl)c2c(c1)CNCC2. The molecule has 0 saturated heterocycles. The van der Waals surface area contributed by atoms with Crippen LogP contribution in [0.15, 0.2) is 42.5 Å². The Morgan fingerprint density at radius 2 is 2.04 bits per heavy atom. The molecule has 1 heterocycles. The Bertz CT molecular complexity index is 748. The first-order chi connectivity index (χ1) is 11.5. The molecule has 0 bridgehead atoms. The first kappa shape index (κ1) is 17.2. The maximum Gasteiger partial charge on any atom is 0.274 e. The van der Waals surface area contributed by atoms with E-state index in [9.17, 15) is 4.79 Å². The van der Waals surface area contributed by atoms with Crippen molar-refractivity contribution in [3.8, 4) is 0 Å². The normalized spacial score (nSPS) is 16.1. The van der Waals surface area contributed by atoms with Crippen molar-refractivity contribution in [2.45, 2.75) is 24.9 Å². The zero-order valence-electron chi connectivity index (χ0n) is 13.2. The molecule has 1 amide bonds. The van der Waals surface area contributed by atoms with Gasteiger partial charge in [-0.15, -0.1) is 0 Å². The van der Waals surface area contributed by atoms with Crippen molar-refractivity contribution in [2.75, 3.05) is 6.54 Å². The average Bonchev–Trinajstić information content (AvgIpc) is 2.60. The molecular formula is C18H18Cl2N2O2. The number of hydrogen-bond acceptors (Lipinski definition) is 3. The molecule has 2 aromatic rings. The van der Waals surface area contributed by atoms with Gasteiger partial charge in [0.25, 0.3) is 5.91 Å². The molecule has 0 fully saturated rings. The lowest BCUT2D eigenvalue weighted by atomic mass is 9.96. The number of rotatable bonds is 4. The molecule has 2 N–H and O–H groups in total. The van der Waals surface area contributed by atoms with Crippen molar-refractivity contribution in [1.29, 1.82) is 0 Å². The fourth-order valence-electron chi connectivity index (χ4n) is 2.68. The maximum absolute atomic E-state index is 12.1. The molecule has 24 heavy (non-hydrogen) atoms. The number of nitrogens with one attached hydrogen (secondary N) is 2. The summed E-state index contributed by atoms with van der Waals surface area (Å²) in [5.74, 6) is -0.354. The third kappa shape index (κ3) is 3.73. The van der Waals surface area contributed by atoms with Gasteiger partial charge in [0, 0.05) is 22.7 Å². The van der Waals surface area contributed by atoms with Crippen LogP contribution in [0, 0.1) is 0 Å². The summed E-state index contributed by atoms with van der Waals surface area (Å²) >= 11 is 12.9. The van der Waals surface area contributed by atoms with Crippen LogP contribution in [0.5, 0.6) is 0 Å². The lowest BCUT2D eigenvalue weighted by Crippen LogP contribution is -2.33. The summed E-state index contributed by atoms with van der Waals surface area (Å²) in [6.45, 7) is 3.33. The van der Waals surface area contributed by atoms with E-state index in [4.69, 9.17) is 28.0 Å². The fraction of sp³-hybridized carbons (Fsp3) is 0.278. The number of alkyl halides is 1. The van der Waals surface area contributed by atoms with Gasteiger partial charge in [-0.2, -0.15) is 0 Å². The first-order valence-electron chi connectivity index (χ1n) is 7.72. The second kappa shape index (κ2) is 7.11. The van der Waals surface area contributed by atoms with Crippen LogP contribution in [-0.4, -0.2) is 12.5 Å². The summed E-state index contributed by atoms with van der Waals surface area (Å²) in [4.78, 5) is 17.6. The lowest BCUT2D eigenvalue weighted by molar-refractivity contribution is -0.0346. The topological polar surface area (TPSA) is 50.4 Å². The van der Waals surface area contributed by atoms with E-state index in [2.05, 4.69) is 10.8 Å². The lowest BCUT2D eigenvalue weighted by Gasteiger charge is -2.26. The number of halogens is 2. The van der Waals surface area contributed by atoms with Crippen LogP contribution < -0.4 is 10.8 Å². The monoisotopic (exact) mass is 364 g/mol. The second-order valence-electron chi connectivity index (χ2n) is 5.84. The highest BCUT2D eigenvalue weighted by atomic mass is 35.5. The van der Waals surface area contributed by atoms with Gasteiger partial charge in [0.05, 0.1) is 0 Å². The molecule has 0 spiro atoms. The van der Waals surface area contributed by atoms with Crippen LogP contribution in [0.1, 0.15) is 34.0 Å². The first-order valence-corrected chi connectivity index (χ1v) is 8.48. The van der Waals surface area contributed by atoms with Crippen molar-refractivity contribution in [1.82, 2.24) is 10.8 Å². The van der Waals surface area contributed by atoms with Gasteiger partial charge in [0.1, 0.15) is 0 Å². The molecule has 4 nitrogen and oxygen atoms in total. The largest absolute Gasteiger partial charge is 0.312 e. The van der Waals surface area contributed by atoms with Crippen molar-refractivity contribution in [3.63, 3.8) is 0 Å². The predicted octanol–water partition coefficient (Wildman–Crippen LogP) is 3.76. The number of benzene rings is 2. The molecule has 0 aromatic heterocycles. The zero-order chi connectivity index (χ0) is 17.2. The molecule has 1 atom stereocenters. The molecule has 6 heteroatoms. The minimum absolute atomic E-state index is 0.354. The van der Waals surface area contributed by atoms with E-state index in [0.717, 1.165) is 30.6 Å². The molecule has 1 unspecified atom stereocenters. The summed E-state index contributed by atoms with van der Waals surface area (Å²) in [5, 5.41) is 2.76. The molecule has 1 aliphatic rings. The summed E-state index contributed by atoms with van der Waals surface area (Å²) in [6, 6.07) is 12.6. The molecule has 0 saturated carbocycles. The van der Waals surface area contributed by atoms with Crippen LogP contribution >= 0.6 is 23.2 Å². The summed E-state index contributed by atoms with van der Waals surface area (Å²) in [6.07, 6.45) is 0.888. The van der Waals surface area contributed by atoms with Gasteiger partial charge in [-0.05, 0) is 55.3 Å². The quantitative estimate of drug-likeness (QED) is 0.641. The van der Waals surface area contributed by atoms with Gasteiger partial charge in [0.2, 0.25) is 0 Å². The number of hydroxylamine groups is 1. The minimum atomic E-state index is -1.22. The van der Waals surface area contributed by atoms with Gasteiger partial charge in [-0.1, -0.05) is 41.4 Å². The van der Waals surface area contributed by atoms with Crippen LogP contribution in [-0.2, 0) is 22.9 Å². The Labute approximate surface area is 151 Å². The third-order valence-corrected chi connectivity index (χ3v) is 4.67. The Balaban J connectivity index is 1.76. The van der Waals surface area contributed by atoms with Crippen LogP contribution in [0.25, 0.3) is 0 Å². The smallest absolute Gasteiger partial charge is 0.274 e. The van der Waals surface area contributed by atoms with E-state index in [1.54, 1.807) is 37.3 Å². The van der Waals surface area contributed by atoms with Crippen molar-refractivity contribution in [2.24, 2.45) is 0 Å². The Morgan fingerprint density at radius 3 is 2.79 bits per heavy atom. The summed E-state index contributed by atoms with van der Waals surface area (Å²) < 4.78 is 0. The number of hydrogen-bond donors (Lipinski definition) is 2. The van der Waals surface area contributed by atoms with Crippen LogP contribution in [0.4, 0.5) is 0 Å². The van der Waals surface area contributed by atoms with Gasteiger partial charge >= 0.3 is 0 Å². The van der Waals surface area contributed by atoms with E-state index in [0.29, 0.717) is 16.1 Å². The highest BCUT2D eigenvalue weighted by molar-refractivity contribution is 6.31. The number of carbonyl (C=O) groups is 1. The molecule has 126 valence electrons. The number of carbonyl (C=O) groups excluding carboxylic acids is 1. The fourth-order valence-corrected chi connectivity index (χ4v) is 3.16. The number of fused-ring (bicyclic) bond motifs is 1. The Kier molecular flexibility index (Phi) is 5.11. The van der Waals surface area contributed by atoms with Crippen molar-refractivity contribution >= 4 is 29.1 Å². The second-order valence-corrected chi connectivity index (χ2v) is 6.97. The van der Waals surface area contributed by atoms with Gasteiger partial charge < -0.3 is 5.32 Å². The summed E-state index contributed by atoms with van der Waals surface area (Å²) in [7, 11) is 0. The molecule has 3 rings (SSSR count).